The molecule has 1 N–H and O–H groups in total. The standard InChI is InChI=1S/C10H10F2N2/c1-7-4-9(14-6-10(11)12)3-2-8(7)5-13/h2-4,10,14H,6H2,1H3. The summed E-state index contributed by atoms with van der Waals surface area (Å²) in [5, 5.41) is 11.2. The molecule has 14 heavy (non-hydrogen) atoms. The molecule has 2 nitrogen and oxygen atoms in total. The summed E-state index contributed by atoms with van der Waals surface area (Å²) < 4.78 is 23.7. The van der Waals surface area contributed by atoms with E-state index in [2.05, 4.69) is 5.32 Å². The zero-order valence-corrected chi connectivity index (χ0v) is 7.72. The summed E-state index contributed by atoms with van der Waals surface area (Å²) in [6.45, 7) is 1.40. The smallest absolute Gasteiger partial charge is 0.255 e. The second kappa shape index (κ2) is 4.56. The number of nitrogens with one attached hydrogen (secondary N) is 1. The van der Waals surface area contributed by atoms with Crippen LogP contribution in [0.3, 0.4) is 0 Å². The van der Waals surface area contributed by atoms with Gasteiger partial charge in [-0.15, -0.1) is 0 Å². The zero-order valence-electron chi connectivity index (χ0n) is 7.72. The monoisotopic (exact) mass is 196 g/mol. The molecular formula is C10H10F2N2. The summed E-state index contributed by atoms with van der Waals surface area (Å²) in [6.07, 6.45) is -2.37. The number of benzene rings is 1. The van der Waals surface area contributed by atoms with Gasteiger partial charge >= 0.3 is 0 Å². The average Bonchev–Trinajstić information content (AvgIpc) is 2.15. The number of hydrogen-bond acceptors (Lipinski definition) is 2. The summed E-state index contributed by atoms with van der Waals surface area (Å²) in [4.78, 5) is 0. The lowest BCUT2D eigenvalue weighted by atomic mass is 10.1. The van der Waals surface area contributed by atoms with E-state index in [-0.39, 0.29) is 6.54 Å². The molecule has 0 atom stereocenters. The number of hydrogen-bond donors (Lipinski definition) is 1. The molecule has 1 aromatic rings. The molecule has 0 aliphatic carbocycles. The van der Waals surface area contributed by atoms with E-state index in [0.29, 0.717) is 11.3 Å². The van der Waals surface area contributed by atoms with Gasteiger partial charge in [0.05, 0.1) is 18.2 Å². The molecule has 0 radical (unpaired) electrons. The largest absolute Gasteiger partial charge is 0.379 e. The number of rotatable bonds is 3. The van der Waals surface area contributed by atoms with Gasteiger partial charge in [-0.3, -0.25) is 0 Å². The second-order valence-electron chi connectivity index (χ2n) is 2.91. The van der Waals surface area contributed by atoms with Crippen LogP contribution in [0.1, 0.15) is 11.1 Å². The van der Waals surface area contributed by atoms with Crippen LogP contribution >= 0.6 is 0 Å². The van der Waals surface area contributed by atoms with Crippen molar-refractivity contribution in [2.45, 2.75) is 13.3 Å². The molecule has 0 spiro atoms. The number of nitriles is 1. The van der Waals surface area contributed by atoms with Crippen LogP contribution in [-0.2, 0) is 0 Å². The molecule has 0 aliphatic rings. The molecule has 0 saturated carbocycles. The van der Waals surface area contributed by atoms with Crippen molar-refractivity contribution in [1.29, 1.82) is 5.26 Å². The first-order valence-electron chi connectivity index (χ1n) is 4.16. The minimum absolute atomic E-state index is 0.370. The normalized spacial score (nSPS) is 9.93. The minimum atomic E-state index is -2.37. The fourth-order valence-electron chi connectivity index (χ4n) is 1.09. The van der Waals surface area contributed by atoms with Crippen LogP contribution in [0.15, 0.2) is 18.2 Å². The lowest BCUT2D eigenvalue weighted by Crippen LogP contribution is -2.10. The molecule has 1 rings (SSSR count). The van der Waals surface area contributed by atoms with E-state index in [0.717, 1.165) is 5.56 Å². The third-order valence-electron chi connectivity index (χ3n) is 1.81. The highest BCUT2D eigenvalue weighted by molar-refractivity contribution is 5.51. The van der Waals surface area contributed by atoms with E-state index < -0.39 is 6.43 Å². The Bertz CT molecular complexity index is 356. The summed E-state index contributed by atoms with van der Waals surface area (Å²) in [5.74, 6) is 0. The van der Waals surface area contributed by atoms with Gasteiger partial charge in [0.2, 0.25) is 0 Å². The van der Waals surface area contributed by atoms with Crippen LogP contribution in [0.25, 0.3) is 0 Å². The lowest BCUT2D eigenvalue weighted by Gasteiger charge is -2.06. The molecule has 0 heterocycles. The van der Waals surface area contributed by atoms with Gasteiger partial charge in [-0.25, -0.2) is 8.78 Å². The molecule has 0 bridgehead atoms. The first-order chi connectivity index (χ1) is 6.63. The van der Waals surface area contributed by atoms with Crippen molar-refractivity contribution in [3.8, 4) is 6.07 Å². The van der Waals surface area contributed by atoms with E-state index in [4.69, 9.17) is 5.26 Å². The number of halogens is 2. The number of anilines is 1. The topological polar surface area (TPSA) is 35.8 Å². The third kappa shape index (κ3) is 2.70. The first-order valence-corrected chi connectivity index (χ1v) is 4.16. The molecule has 0 saturated heterocycles. The molecule has 0 fully saturated rings. The Morgan fingerprint density at radius 2 is 2.21 bits per heavy atom. The van der Waals surface area contributed by atoms with Gasteiger partial charge < -0.3 is 5.32 Å². The second-order valence-corrected chi connectivity index (χ2v) is 2.91. The van der Waals surface area contributed by atoms with Crippen LogP contribution in [0.4, 0.5) is 14.5 Å². The van der Waals surface area contributed by atoms with Gasteiger partial charge in [-0.05, 0) is 30.7 Å². The Kier molecular flexibility index (Phi) is 3.41. The fraction of sp³-hybridized carbons (Fsp3) is 0.300. The Hall–Kier alpha value is -1.63. The maximum absolute atomic E-state index is 11.9. The first kappa shape index (κ1) is 10.5. The van der Waals surface area contributed by atoms with E-state index in [1.54, 1.807) is 25.1 Å². The summed E-state index contributed by atoms with van der Waals surface area (Å²) in [5.41, 5.74) is 1.96. The summed E-state index contributed by atoms with van der Waals surface area (Å²) in [7, 11) is 0. The Labute approximate surface area is 81.2 Å². The maximum Gasteiger partial charge on any atom is 0.255 e. The van der Waals surface area contributed by atoms with E-state index in [9.17, 15) is 8.78 Å². The van der Waals surface area contributed by atoms with Gasteiger partial charge in [0.15, 0.2) is 0 Å². The summed E-state index contributed by atoms with van der Waals surface area (Å²) >= 11 is 0. The Morgan fingerprint density at radius 3 is 2.71 bits per heavy atom. The van der Waals surface area contributed by atoms with Crippen LogP contribution in [0.5, 0.6) is 0 Å². The highest BCUT2D eigenvalue weighted by Gasteiger charge is 2.02. The summed E-state index contributed by atoms with van der Waals surface area (Å²) in [6, 6.07) is 6.93. The highest BCUT2D eigenvalue weighted by atomic mass is 19.3. The predicted molar refractivity (Wildman–Crippen MR) is 50.4 cm³/mol. The van der Waals surface area contributed by atoms with Gasteiger partial charge in [-0.2, -0.15) is 5.26 Å². The number of nitrogens with zero attached hydrogens (tertiary/aromatic N) is 1. The molecule has 74 valence electrons. The highest BCUT2D eigenvalue weighted by Crippen LogP contribution is 2.14. The predicted octanol–water partition coefficient (Wildman–Crippen LogP) is 2.54. The minimum Gasteiger partial charge on any atom is -0.379 e. The van der Waals surface area contributed by atoms with E-state index in [1.807, 2.05) is 6.07 Å². The van der Waals surface area contributed by atoms with Crippen LogP contribution in [0, 0.1) is 18.3 Å². The van der Waals surface area contributed by atoms with Gasteiger partial charge in [0, 0.05) is 5.69 Å². The molecule has 0 amide bonds. The number of aryl methyl sites for hydroxylation is 1. The Balaban J connectivity index is 2.73. The van der Waals surface area contributed by atoms with Crippen molar-refractivity contribution in [1.82, 2.24) is 0 Å². The van der Waals surface area contributed by atoms with Gasteiger partial charge in [-0.1, -0.05) is 0 Å². The molecule has 0 unspecified atom stereocenters. The quantitative estimate of drug-likeness (QED) is 0.806. The molecular weight excluding hydrogens is 186 g/mol. The average molecular weight is 196 g/mol. The maximum atomic E-state index is 11.9. The van der Waals surface area contributed by atoms with Crippen molar-refractivity contribution in [3.05, 3.63) is 29.3 Å². The van der Waals surface area contributed by atoms with Crippen molar-refractivity contribution < 1.29 is 8.78 Å². The molecule has 0 aliphatic heterocycles. The van der Waals surface area contributed by atoms with Crippen LogP contribution in [0.2, 0.25) is 0 Å². The van der Waals surface area contributed by atoms with E-state index in [1.165, 1.54) is 0 Å². The van der Waals surface area contributed by atoms with Crippen molar-refractivity contribution in [2.24, 2.45) is 0 Å². The fourth-order valence-corrected chi connectivity index (χ4v) is 1.09. The van der Waals surface area contributed by atoms with Crippen LogP contribution in [-0.4, -0.2) is 13.0 Å². The third-order valence-corrected chi connectivity index (χ3v) is 1.81. The Morgan fingerprint density at radius 1 is 1.50 bits per heavy atom. The van der Waals surface area contributed by atoms with Crippen molar-refractivity contribution in [3.63, 3.8) is 0 Å². The van der Waals surface area contributed by atoms with Crippen LogP contribution < -0.4 is 5.32 Å². The molecule has 4 heteroatoms. The van der Waals surface area contributed by atoms with E-state index >= 15 is 0 Å². The van der Waals surface area contributed by atoms with Gasteiger partial charge in [0.1, 0.15) is 0 Å². The SMILES string of the molecule is Cc1cc(NCC(F)F)ccc1C#N. The lowest BCUT2D eigenvalue weighted by molar-refractivity contribution is 0.163. The molecule has 0 aromatic heterocycles. The number of alkyl halides is 2. The van der Waals surface area contributed by atoms with Crippen molar-refractivity contribution >= 4 is 5.69 Å². The van der Waals surface area contributed by atoms with Crippen molar-refractivity contribution in [2.75, 3.05) is 11.9 Å². The molecule has 1 aromatic carbocycles. The zero-order chi connectivity index (χ0) is 10.6. The van der Waals surface area contributed by atoms with Gasteiger partial charge in [0.25, 0.3) is 6.43 Å².